The van der Waals surface area contributed by atoms with E-state index >= 15 is 0 Å². The highest BCUT2D eigenvalue weighted by Gasteiger charge is 2.30. The number of hydrogen-bond donors (Lipinski definition) is 0. The molecule has 0 aromatic rings. The van der Waals surface area contributed by atoms with Gasteiger partial charge in [0, 0.05) is 0 Å². The van der Waals surface area contributed by atoms with Crippen molar-refractivity contribution in [3.63, 3.8) is 0 Å². The second-order valence-electron chi connectivity index (χ2n) is 5.75. The van der Waals surface area contributed by atoms with E-state index < -0.39 is 84.0 Å². The maximum atomic E-state index is 11.8. The Morgan fingerprint density at radius 1 is 0.875 bits per heavy atom. The van der Waals surface area contributed by atoms with E-state index in [1.54, 1.807) is 0 Å². The minimum absolute atomic E-state index is 0.236. The maximum Gasteiger partial charge on any atom is 0.508 e. The number of rotatable bonds is 13. The third-order valence-electron chi connectivity index (χ3n) is 3.32. The molecule has 0 aliphatic carbocycles. The van der Waals surface area contributed by atoms with E-state index in [0.29, 0.717) is 0 Å². The van der Waals surface area contributed by atoms with E-state index in [4.69, 9.17) is 0 Å². The summed E-state index contributed by atoms with van der Waals surface area (Å²) in [4.78, 5) is 32.8. The van der Waals surface area contributed by atoms with Crippen LogP contribution in [0.5, 0.6) is 0 Å². The van der Waals surface area contributed by atoms with E-state index in [-0.39, 0.29) is 13.2 Å². The average molecular weight is 510 g/mol. The number of hydrogen-bond acceptors (Lipinski definition) is 17. The van der Waals surface area contributed by atoms with Crippen molar-refractivity contribution >= 4 is 39.3 Å². The van der Waals surface area contributed by atoms with Crippen molar-refractivity contribution in [1.29, 1.82) is 0 Å². The smallest absolute Gasteiger partial charge is 0.438 e. The van der Waals surface area contributed by atoms with Crippen molar-refractivity contribution in [2.24, 2.45) is 0 Å². The zero-order chi connectivity index (χ0) is 23.8. The van der Waals surface area contributed by atoms with Gasteiger partial charge in [-0.1, -0.05) is 0 Å². The Hall–Kier alpha value is -2.45. The Kier molecular flexibility index (Phi) is 9.21. The van der Waals surface area contributed by atoms with Gasteiger partial charge in [0.1, 0.15) is 39.6 Å². The molecule has 0 radical (unpaired) electrons. The Morgan fingerprint density at radius 3 is 1.66 bits per heavy atom. The average Bonchev–Trinajstić information content (AvgIpc) is 3.34. The fourth-order valence-electron chi connectivity index (χ4n) is 1.90. The molecule has 0 saturated carbocycles. The molecule has 0 amide bonds. The topological polar surface area (TPSA) is 212 Å². The van der Waals surface area contributed by atoms with Crippen molar-refractivity contribution in [3.05, 3.63) is 0 Å². The fraction of sp³-hybridized carbons (Fsp3) is 0.769. The third-order valence-corrected chi connectivity index (χ3v) is 5.02. The van der Waals surface area contributed by atoms with Crippen molar-refractivity contribution in [1.82, 2.24) is 0 Å². The van der Waals surface area contributed by atoms with Gasteiger partial charge in [-0.15, -0.1) is 0 Å². The summed E-state index contributed by atoms with van der Waals surface area (Å²) in [5, 5.41) is 0. The van der Waals surface area contributed by atoms with Crippen LogP contribution in [-0.4, -0.2) is 100 Å². The molecule has 0 bridgehead atoms. The Labute approximate surface area is 181 Å². The maximum absolute atomic E-state index is 11.8. The van der Waals surface area contributed by atoms with Crippen LogP contribution in [-0.2, 0) is 66.0 Å². The molecule has 2 saturated heterocycles. The van der Waals surface area contributed by atoms with Gasteiger partial charge in [0.25, 0.3) is 0 Å². The monoisotopic (exact) mass is 510 g/mol. The zero-order valence-electron chi connectivity index (χ0n) is 16.2. The lowest BCUT2D eigenvalue weighted by Gasteiger charge is -2.17. The molecule has 2 rings (SSSR count). The molecule has 2 heterocycles. The lowest BCUT2D eigenvalue weighted by Crippen LogP contribution is -2.32. The van der Waals surface area contributed by atoms with Gasteiger partial charge in [0.2, 0.25) is 0 Å². The third kappa shape index (κ3) is 9.36. The first-order valence-electron chi connectivity index (χ1n) is 8.47. The van der Waals surface area contributed by atoms with E-state index in [2.05, 4.69) is 45.2 Å². The van der Waals surface area contributed by atoms with Crippen LogP contribution in [0, 0.1) is 0 Å². The molecule has 17 nitrogen and oxygen atoms in total. The molecule has 19 heteroatoms. The number of methoxy groups -OCH3 is 1. The van der Waals surface area contributed by atoms with E-state index in [9.17, 15) is 31.2 Å². The van der Waals surface area contributed by atoms with Crippen LogP contribution in [0.3, 0.4) is 0 Å². The lowest BCUT2D eigenvalue weighted by atomic mass is 10.4. The number of carbonyl (C=O) groups is 3. The second kappa shape index (κ2) is 11.4. The summed E-state index contributed by atoms with van der Waals surface area (Å²) >= 11 is 0. The molecule has 0 spiro atoms. The first-order valence-corrected chi connectivity index (χ1v) is 11.1. The summed E-state index contributed by atoms with van der Waals surface area (Å²) in [5.41, 5.74) is 0. The van der Waals surface area contributed by atoms with Crippen molar-refractivity contribution < 1.29 is 76.4 Å². The van der Waals surface area contributed by atoms with Crippen LogP contribution >= 0.6 is 0 Å². The number of ether oxygens (including phenoxy) is 6. The minimum Gasteiger partial charge on any atom is -0.438 e. The molecule has 2 fully saturated rings. The van der Waals surface area contributed by atoms with Gasteiger partial charge in [-0.2, -0.15) is 16.8 Å². The van der Waals surface area contributed by atoms with Crippen LogP contribution in [0.4, 0.5) is 14.4 Å². The SMILES string of the molecule is COC(=O)OC(COS(=O)(=O)OCC1COC(=O)O1)COS(=O)(=O)OCC1COC(=O)O1. The van der Waals surface area contributed by atoms with Gasteiger partial charge in [0.15, 0.2) is 18.3 Å². The highest BCUT2D eigenvalue weighted by molar-refractivity contribution is 7.82. The second-order valence-corrected chi connectivity index (χ2v) is 8.33. The molecule has 2 aliphatic rings. The van der Waals surface area contributed by atoms with E-state index in [0.717, 1.165) is 7.11 Å². The van der Waals surface area contributed by atoms with Gasteiger partial charge in [-0.25, -0.2) is 31.1 Å². The highest BCUT2D eigenvalue weighted by atomic mass is 32.3. The molecule has 2 atom stereocenters. The Bertz CT molecular complexity index is 816. The largest absolute Gasteiger partial charge is 0.508 e. The van der Waals surface area contributed by atoms with Gasteiger partial charge >= 0.3 is 39.3 Å². The standard InChI is InChI=1S/C13H18O17S2/c1-21-11(14)28-10(6-26-31(17,18)24-4-8-2-22-12(15)29-8)7-27-32(19,20)25-5-9-3-23-13(16)30-9/h8-10H,2-7H2,1H3. The van der Waals surface area contributed by atoms with Crippen LogP contribution < -0.4 is 0 Å². The predicted octanol–water partition coefficient (Wildman–Crippen LogP) is -1.24. The van der Waals surface area contributed by atoms with Gasteiger partial charge < -0.3 is 28.4 Å². The van der Waals surface area contributed by atoms with E-state index in [1.165, 1.54) is 0 Å². The van der Waals surface area contributed by atoms with Crippen molar-refractivity contribution in [2.45, 2.75) is 18.3 Å². The molecule has 0 aromatic heterocycles. The van der Waals surface area contributed by atoms with Gasteiger partial charge in [-0.05, 0) is 0 Å². The van der Waals surface area contributed by atoms with Crippen molar-refractivity contribution in [3.8, 4) is 0 Å². The molecule has 0 N–H and O–H groups in total. The molecule has 2 aliphatic heterocycles. The first-order chi connectivity index (χ1) is 15.0. The van der Waals surface area contributed by atoms with Crippen molar-refractivity contribution in [2.75, 3.05) is 46.8 Å². The highest BCUT2D eigenvalue weighted by Crippen LogP contribution is 2.11. The summed E-state index contributed by atoms with van der Waals surface area (Å²) in [6.45, 7) is -3.60. The van der Waals surface area contributed by atoms with Crippen LogP contribution in [0.15, 0.2) is 0 Å². The summed E-state index contributed by atoms with van der Waals surface area (Å²) < 4.78 is 91.9. The summed E-state index contributed by atoms with van der Waals surface area (Å²) in [6.07, 6.45) is -6.88. The quantitative estimate of drug-likeness (QED) is 0.209. The normalized spacial score (nSPS) is 21.8. The summed E-state index contributed by atoms with van der Waals surface area (Å²) in [5.74, 6) is 0. The molecule has 32 heavy (non-hydrogen) atoms. The lowest BCUT2D eigenvalue weighted by molar-refractivity contribution is -0.00637. The fourth-order valence-corrected chi connectivity index (χ4v) is 3.31. The minimum atomic E-state index is -4.68. The zero-order valence-corrected chi connectivity index (χ0v) is 17.9. The predicted molar refractivity (Wildman–Crippen MR) is 91.4 cm³/mol. The molecule has 2 unspecified atom stereocenters. The van der Waals surface area contributed by atoms with Gasteiger partial charge in [0.05, 0.1) is 7.11 Å². The van der Waals surface area contributed by atoms with Crippen LogP contribution in [0.25, 0.3) is 0 Å². The van der Waals surface area contributed by atoms with Crippen LogP contribution in [0.2, 0.25) is 0 Å². The Morgan fingerprint density at radius 2 is 1.31 bits per heavy atom. The molecule has 184 valence electrons. The number of carbonyl (C=O) groups excluding carboxylic acids is 3. The number of cyclic esters (lactones) is 4. The molecular formula is C13H18O17S2. The summed E-state index contributed by atoms with van der Waals surface area (Å²) in [7, 11) is -8.42. The molecular weight excluding hydrogens is 492 g/mol. The van der Waals surface area contributed by atoms with Crippen LogP contribution in [0.1, 0.15) is 0 Å². The Balaban J connectivity index is 1.81. The molecule has 0 aromatic carbocycles. The first kappa shape index (κ1) is 25.8. The summed E-state index contributed by atoms with van der Waals surface area (Å²) in [6, 6.07) is 0. The van der Waals surface area contributed by atoms with E-state index in [1.807, 2.05) is 0 Å². The van der Waals surface area contributed by atoms with Gasteiger partial charge in [-0.3, -0.25) is 0 Å².